The van der Waals surface area contributed by atoms with Crippen LogP contribution in [0.5, 0.6) is 0 Å². The van der Waals surface area contributed by atoms with Gasteiger partial charge in [0.25, 0.3) is 0 Å². The predicted molar refractivity (Wildman–Crippen MR) is 151 cm³/mol. The zero-order valence-corrected chi connectivity index (χ0v) is 25.0. The molecule has 2 unspecified atom stereocenters. The van der Waals surface area contributed by atoms with Crippen LogP contribution >= 0.6 is 0 Å². The van der Waals surface area contributed by atoms with Crippen LogP contribution in [0.1, 0.15) is 106 Å². The second-order valence-electron chi connectivity index (χ2n) is 14.7. The van der Waals surface area contributed by atoms with Gasteiger partial charge in [-0.2, -0.15) is 0 Å². The zero-order valence-electron chi connectivity index (χ0n) is 25.0. The van der Waals surface area contributed by atoms with Crippen molar-refractivity contribution in [1.29, 1.82) is 0 Å². The molecule has 4 fully saturated rings. The van der Waals surface area contributed by atoms with Crippen molar-refractivity contribution in [3.63, 3.8) is 0 Å². The molecule has 0 aromatic rings. The molecule has 3 saturated carbocycles. The molecule has 5 aliphatic rings. The Labute approximate surface area is 234 Å². The summed E-state index contributed by atoms with van der Waals surface area (Å²) in [5, 5.41) is 14.7. The highest BCUT2D eigenvalue weighted by Gasteiger charge is 2.59. The van der Waals surface area contributed by atoms with Crippen LogP contribution in [0.4, 0.5) is 4.79 Å². The van der Waals surface area contributed by atoms with Crippen molar-refractivity contribution >= 4 is 17.8 Å². The van der Waals surface area contributed by atoms with Gasteiger partial charge in [0.2, 0.25) is 0 Å². The molecule has 8 atom stereocenters. The number of allylic oxidation sites excluding steroid dienone is 1. The van der Waals surface area contributed by atoms with Crippen molar-refractivity contribution in [3.05, 3.63) is 11.6 Å². The minimum Gasteiger partial charge on any atom is -0.444 e. The smallest absolute Gasteiger partial charge is 0.410 e. The normalized spacial score (nSPS) is 40.6. The van der Waals surface area contributed by atoms with E-state index in [1.54, 1.807) is 4.90 Å². The molecule has 4 aliphatic carbocycles. The second-order valence-corrected chi connectivity index (χ2v) is 14.7. The fraction of sp³-hybridized carbons (Fsp3) is 0.844. The van der Waals surface area contributed by atoms with Crippen molar-refractivity contribution in [1.82, 2.24) is 4.90 Å². The summed E-state index contributed by atoms with van der Waals surface area (Å²) in [5.41, 5.74) is 2.32. The number of carbonyl (C=O) groups is 2. The number of amides is 1. The van der Waals surface area contributed by atoms with E-state index in [0.717, 1.165) is 43.7 Å². The van der Waals surface area contributed by atoms with Crippen molar-refractivity contribution in [2.75, 3.05) is 13.1 Å². The van der Waals surface area contributed by atoms with E-state index in [-0.39, 0.29) is 34.9 Å². The van der Waals surface area contributed by atoms with Crippen molar-refractivity contribution in [2.24, 2.45) is 45.6 Å². The molecule has 0 spiro atoms. The Hall–Kier alpha value is -1.89. The maximum Gasteiger partial charge on any atom is 0.410 e. The lowest BCUT2D eigenvalue weighted by Crippen LogP contribution is -2.51. The molecule has 0 bridgehead atoms. The van der Waals surface area contributed by atoms with E-state index in [9.17, 15) is 14.7 Å². The first kappa shape index (κ1) is 28.6. The molecule has 1 aliphatic heterocycles. The van der Waals surface area contributed by atoms with Gasteiger partial charge >= 0.3 is 12.1 Å². The Kier molecular flexibility index (Phi) is 7.71. The first-order valence-corrected chi connectivity index (χ1v) is 15.4. The lowest BCUT2D eigenvalue weighted by Gasteiger charge is -2.58. The van der Waals surface area contributed by atoms with Gasteiger partial charge < -0.3 is 19.6 Å². The Balaban J connectivity index is 1.22. The Morgan fingerprint density at radius 1 is 1.05 bits per heavy atom. The van der Waals surface area contributed by atoms with Gasteiger partial charge in [0, 0.05) is 19.0 Å². The lowest BCUT2D eigenvalue weighted by atomic mass is 9.46. The van der Waals surface area contributed by atoms with Gasteiger partial charge in [0.15, 0.2) is 0 Å². The van der Waals surface area contributed by atoms with Crippen LogP contribution in [-0.2, 0) is 14.4 Å². The molecule has 1 amide bonds. The van der Waals surface area contributed by atoms with E-state index < -0.39 is 5.60 Å². The van der Waals surface area contributed by atoms with Gasteiger partial charge in [0.1, 0.15) is 5.60 Å². The Morgan fingerprint density at radius 2 is 1.82 bits per heavy atom. The van der Waals surface area contributed by atoms with Crippen LogP contribution in [0, 0.1) is 40.4 Å². The maximum atomic E-state index is 13.0. The summed E-state index contributed by atoms with van der Waals surface area (Å²) < 4.78 is 5.50. The molecule has 5 rings (SSSR count). The van der Waals surface area contributed by atoms with Gasteiger partial charge in [-0.25, -0.2) is 9.59 Å². The van der Waals surface area contributed by atoms with Gasteiger partial charge in [-0.05, 0) is 120 Å². The quantitative estimate of drug-likeness (QED) is 0.191. The summed E-state index contributed by atoms with van der Waals surface area (Å²) in [5.74, 6) is 1.72. The molecule has 0 radical (unpaired) electrons. The van der Waals surface area contributed by atoms with Crippen LogP contribution in [-0.4, -0.2) is 52.6 Å². The number of aliphatic hydroxyl groups excluding tert-OH is 1. The Bertz CT molecular complexity index is 1030. The average Bonchev–Trinajstić information content (AvgIpc) is 3.24. The largest absolute Gasteiger partial charge is 0.444 e. The first-order chi connectivity index (χ1) is 18.3. The molecule has 218 valence electrons. The van der Waals surface area contributed by atoms with Crippen molar-refractivity contribution < 1.29 is 24.3 Å². The molecule has 0 aromatic carbocycles. The van der Waals surface area contributed by atoms with E-state index in [4.69, 9.17) is 9.57 Å². The molecule has 0 aromatic heterocycles. The number of nitrogens with zero attached hydrogens (tertiary/aromatic N) is 2. The highest BCUT2D eigenvalue weighted by atomic mass is 16.7. The van der Waals surface area contributed by atoms with E-state index in [0.29, 0.717) is 37.3 Å². The highest BCUT2D eigenvalue weighted by Crippen LogP contribution is 2.66. The molecular weight excluding hydrogens is 492 g/mol. The van der Waals surface area contributed by atoms with Crippen LogP contribution in [0.25, 0.3) is 0 Å². The molecule has 1 heterocycles. The summed E-state index contributed by atoms with van der Waals surface area (Å²) in [4.78, 5) is 32.7. The van der Waals surface area contributed by atoms with Crippen LogP contribution in [0.3, 0.4) is 0 Å². The van der Waals surface area contributed by atoms with E-state index in [2.05, 4.69) is 25.1 Å². The van der Waals surface area contributed by atoms with E-state index in [1.165, 1.54) is 31.3 Å². The zero-order chi connectivity index (χ0) is 28.2. The van der Waals surface area contributed by atoms with Gasteiger partial charge in [-0.1, -0.05) is 30.7 Å². The SMILES string of the molecule is C/C(=N\OC(=O)C1CCCN(C(=O)OC(C)(C)C)C1)[C@H]1CC[C@H]2[C@@H]3CCC4=CC(O)CC[C@]4(C)[C@H]3CC[C@]12C. The number of hydrogen-bond donors (Lipinski definition) is 1. The third-order valence-electron chi connectivity index (χ3n) is 11.3. The summed E-state index contributed by atoms with van der Waals surface area (Å²) in [6.45, 7) is 13.4. The fourth-order valence-corrected chi connectivity index (χ4v) is 9.31. The lowest BCUT2D eigenvalue weighted by molar-refractivity contribution is -0.150. The van der Waals surface area contributed by atoms with Crippen molar-refractivity contribution in [3.8, 4) is 0 Å². The molecule has 39 heavy (non-hydrogen) atoms. The summed E-state index contributed by atoms with van der Waals surface area (Å²) in [6, 6.07) is 0. The van der Waals surface area contributed by atoms with E-state index >= 15 is 0 Å². The second kappa shape index (κ2) is 10.5. The first-order valence-electron chi connectivity index (χ1n) is 15.4. The van der Waals surface area contributed by atoms with Crippen LogP contribution in [0.15, 0.2) is 16.8 Å². The average molecular weight is 543 g/mol. The van der Waals surface area contributed by atoms with Crippen LogP contribution in [0.2, 0.25) is 0 Å². The number of aliphatic hydroxyl groups is 1. The van der Waals surface area contributed by atoms with Crippen LogP contribution < -0.4 is 0 Å². The predicted octanol–water partition coefficient (Wildman–Crippen LogP) is 6.49. The maximum absolute atomic E-state index is 13.0. The molecule has 1 N–H and O–H groups in total. The standard InChI is InChI=1S/C32H50N2O5/c1-20(33-39-28(36)21-8-7-17-34(19-21)29(37)38-30(2,3)4)25-11-12-26-24-10-9-22-18-23(35)13-15-31(22,5)27(24)14-16-32(25,26)6/h18,21,23-27,35H,7-17,19H2,1-6H3/b33-20+/t21?,23?,24-,25+,26-,27-,31-,32+/m0/s1. The van der Waals surface area contributed by atoms with Gasteiger partial charge in [0.05, 0.1) is 17.7 Å². The summed E-state index contributed by atoms with van der Waals surface area (Å²) in [7, 11) is 0. The minimum absolute atomic E-state index is 0.186. The number of carbonyl (C=O) groups excluding carboxylic acids is 2. The molecule has 7 nitrogen and oxygen atoms in total. The number of hydrogen-bond acceptors (Lipinski definition) is 6. The molecule has 7 heteroatoms. The monoisotopic (exact) mass is 542 g/mol. The fourth-order valence-electron chi connectivity index (χ4n) is 9.31. The Morgan fingerprint density at radius 3 is 2.56 bits per heavy atom. The molecular formula is C32H50N2O5. The number of ether oxygens (including phenoxy) is 1. The van der Waals surface area contributed by atoms with E-state index in [1.807, 2.05) is 27.7 Å². The van der Waals surface area contributed by atoms with Gasteiger partial charge in [-0.15, -0.1) is 0 Å². The summed E-state index contributed by atoms with van der Waals surface area (Å²) in [6.07, 6.45) is 12.1. The topological polar surface area (TPSA) is 88.4 Å². The number of likely N-dealkylation sites (tertiary alicyclic amines) is 1. The summed E-state index contributed by atoms with van der Waals surface area (Å²) >= 11 is 0. The molecule has 1 saturated heterocycles. The number of oxime groups is 1. The van der Waals surface area contributed by atoms with Gasteiger partial charge in [-0.3, -0.25) is 0 Å². The number of piperidine rings is 1. The third-order valence-corrected chi connectivity index (χ3v) is 11.3. The minimum atomic E-state index is -0.562. The number of fused-ring (bicyclic) bond motifs is 5. The van der Waals surface area contributed by atoms with Crippen molar-refractivity contribution in [2.45, 2.75) is 117 Å². The third kappa shape index (κ3) is 5.41. The number of rotatable bonds is 3. The highest BCUT2D eigenvalue weighted by molar-refractivity contribution is 5.86.